The fourth-order valence-corrected chi connectivity index (χ4v) is 1.64. The average Bonchev–Trinajstić information content (AvgIpc) is 2.08. The van der Waals surface area contributed by atoms with Crippen molar-refractivity contribution in [1.82, 2.24) is 0 Å². The maximum atomic E-state index is 6.02. The number of nitrogens with zero attached hydrogens (tertiary/aromatic N) is 1. The zero-order chi connectivity index (χ0) is 10.7. The first-order valence-corrected chi connectivity index (χ1v) is 5.08. The number of hydrogen-bond donors (Lipinski definition) is 1. The van der Waals surface area contributed by atoms with Crippen LogP contribution in [0, 0.1) is 12.8 Å². The van der Waals surface area contributed by atoms with Crippen LogP contribution in [0.3, 0.4) is 0 Å². The molecule has 2 nitrogen and oxygen atoms in total. The highest BCUT2D eigenvalue weighted by molar-refractivity contribution is 5.70. The van der Waals surface area contributed by atoms with Crippen molar-refractivity contribution >= 4 is 11.4 Å². The van der Waals surface area contributed by atoms with Crippen molar-refractivity contribution in [3.05, 3.63) is 23.8 Å². The highest BCUT2D eigenvalue weighted by Crippen LogP contribution is 2.25. The van der Waals surface area contributed by atoms with Gasteiger partial charge in [-0.2, -0.15) is 0 Å². The molecule has 0 aliphatic heterocycles. The Bertz CT molecular complexity index is 305. The second-order valence-corrected chi connectivity index (χ2v) is 4.28. The minimum Gasteiger partial charge on any atom is -0.397 e. The van der Waals surface area contributed by atoms with Gasteiger partial charge in [0.2, 0.25) is 0 Å². The minimum absolute atomic E-state index is 0.653. The molecule has 14 heavy (non-hydrogen) atoms. The van der Waals surface area contributed by atoms with Crippen LogP contribution in [-0.2, 0) is 0 Å². The van der Waals surface area contributed by atoms with Gasteiger partial charge in [-0.25, -0.2) is 0 Å². The van der Waals surface area contributed by atoms with Gasteiger partial charge in [-0.3, -0.25) is 0 Å². The summed E-state index contributed by atoms with van der Waals surface area (Å²) in [6, 6.07) is 6.17. The van der Waals surface area contributed by atoms with Crippen LogP contribution in [0.15, 0.2) is 18.2 Å². The van der Waals surface area contributed by atoms with E-state index in [1.807, 2.05) is 13.0 Å². The van der Waals surface area contributed by atoms with E-state index in [0.717, 1.165) is 23.5 Å². The molecule has 0 heterocycles. The van der Waals surface area contributed by atoms with E-state index in [1.54, 1.807) is 0 Å². The smallest absolute Gasteiger partial charge is 0.0600 e. The fraction of sp³-hybridized carbons (Fsp3) is 0.500. The van der Waals surface area contributed by atoms with Crippen LogP contribution in [0.4, 0.5) is 11.4 Å². The van der Waals surface area contributed by atoms with Crippen LogP contribution in [0.2, 0.25) is 0 Å². The SMILES string of the molecule is Cc1cccc(N(C)CC(C)C)c1N. The Morgan fingerprint density at radius 2 is 2.00 bits per heavy atom. The zero-order valence-corrected chi connectivity index (χ0v) is 9.54. The van der Waals surface area contributed by atoms with Crippen molar-refractivity contribution in [3.63, 3.8) is 0 Å². The number of benzene rings is 1. The number of nitrogen functional groups attached to an aromatic ring is 1. The van der Waals surface area contributed by atoms with Gasteiger partial charge in [-0.1, -0.05) is 26.0 Å². The van der Waals surface area contributed by atoms with Crippen molar-refractivity contribution in [1.29, 1.82) is 0 Å². The summed E-state index contributed by atoms with van der Waals surface area (Å²) in [6.45, 7) is 7.50. The second-order valence-electron chi connectivity index (χ2n) is 4.28. The summed E-state index contributed by atoms with van der Waals surface area (Å²) in [4.78, 5) is 2.22. The molecule has 0 aliphatic rings. The molecule has 0 fully saturated rings. The number of anilines is 2. The van der Waals surface area contributed by atoms with Crippen LogP contribution in [-0.4, -0.2) is 13.6 Å². The van der Waals surface area contributed by atoms with Crippen molar-refractivity contribution in [2.75, 3.05) is 24.2 Å². The molecule has 0 bridgehead atoms. The van der Waals surface area contributed by atoms with E-state index in [9.17, 15) is 0 Å². The first-order valence-electron chi connectivity index (χ1n) is 5.08. The topological polar surface area (TPSA) is 29.3 Å². The third kappa shape index (κ3) is 2.41. The van der Waals surface area contributed by atoms with Gasteiger partial charge in [0.15, 0.2) is 0 Å². The molecule has 0 spiro atoms. The molecule has 78 valence electrons. The molecule has 2 heteroatoms. The predicted octanol–water partition coefficient (Wildman–Crippen LogP) is 2.67. The Hall–Kier alpha value is -1.18. The van der Waals surface area contributed by atoms with E-state index in [-0.39, 0.29) is 0 Å². The third-order valence-corrected chi connectivity index (χ3v) is 2.35. The van der Waals surface area contributed by atoms with Gasteiger partial charge in [-0.05, 0) is 24.5 Å². The van der Waals surface area contributed by atoms with E-state index < -0.39 is 0 Å². The molecule has 1 rings (SSSR count). The summed E-state index contributed by atoms with van der Waals surface area (Å²) >= 11 is 0. The summed E-state index contributed by atoms with van der Waals surface area (Å²) in [6.07, 6.45) is 0. The first kappa shape index (κ1) is 10.9. The van der Waals surface area contributed by atoms with Crippen molar-refractivity contribution < 1.29 is 0 Å². The molecule has 1 aromatic carbocycles. The number of para-hydroxylation sites is 1. The van der Waals surface area contributed by atoms with Crippen molar-refractivity contribution in [2.24, 2.45) is 5.92 Å². The molecular weight excluding hydrogens is 172 g/mol. The number of rotatable bonds is 3. The Labute approximate surface area is 86.7 Å². The van der Waals surface area contributed by atoms with Gasteiger partial charge in [-0.15, -0.1) is 0 Å². The molecule has 0 aromatic heterocycles. The fourth-order valence-electron chi connectivity index (χ4n) is 1.64. The molecule has 0 unspecified atom stereocenters. The molecule has 0 saturated carbocycles. The van der Waals surface area contributed by atoms with E-state index in [2.05, 4.69) is 37.9 Å². The number of aryl methyl sites for hydroxylation is 1. The third-order valence-electron chi connectivity index (χ3n) is 2.35. The average molecular weight is 192 g/mol. The highest BCUT2D eigenvalue weighted by atomic mass is 15.1. The lowest BCUT2D eigenvalue weighted by Crippen LogP contribution is -2.23. The van der Waals surface area contributed by atoms with E-state index in [0.29, 0.717) is 5.92 Å². The molecular formula is C12H20N2. The van der Waals surface area contributed by atoms with E-state index >= 15 is 0 Å². The molecule has 0 atom stereocenters. The van der Waals surface area contributed by atoms with Gasteiger partial charge in [0, 0.05) is 13.6 Å². The zero-order valence-electron chi connectivity index (χ0n) is 9.54. The molecule has 0 radical (unpaired) electrons. The lowest BCUT2D eigenvalue weighted by molar-refractivity contribution is 0.639. The molecule has 1 aromatic rings. The molecule has 0 saturated heterocycles. The molecule has 0 aliphatic carbocycles. The normalized spacial score (nSPS) is 10.6. The largest absolute Gasteiger partial charge is 0.397 e. The Kier molecular flexibility index (Phi) is 3.39. The monoisotopic (exact) mass is 192 g/mol. The quantitative estimate of drug-likeness (QED) is 0.746. The van der Waals surface area contributed by atoms with Gasteiger partial charge in [0.05, 0.1) is 11.4 Å². The summed E-state index contributed by atoms with van der Waals surface area (Å²) in [5, 5.41) is 0. The molecule has 2 N–H and O–H groups in total. The van der Waals surface area contributed by atoms with Crippen molar-refractivity contribution in [3.8, 4) is 0 Å². The first-order chi connectivity index (χ1) is 6.52. The van der Waals surface area contributed by atoms with Gasteiger partial charge >= 0.3 is 0 Å². The molecule has 0 amide bonds. The Morgan fingerprint density at radius 1 is 1.36 bits per heavy atom. The second kappa shape index (κ2) is 4.36. The van der Waals surface area contributed by atoms with Crippen LogP contribution in [0.1, 0.15) is 19.4 Å². The standard InChI is InChI=1S/C12H20N2/c1-9(2)8-14(4)11-7-5-6-10(3)12(11)13/h5-7,9H,8,13H2,1-4H3. The van der Waals surface area contributed by atoms with Gasteiger partial charge < -0.3 is 10.6 Å². The maximum absolute atomic E-state index is 6.02. The number of hydrogen-bond acceptors (Lipinski definition) is 2. The number of nitrogens with two attached hydrogens (primary N) is 1. The summed E-state index contributed by atoms with van der Waals surface area (Å²) in [5.74, 6) is 0.653. The van der Waals surface area contributed by atoms with Crippen molar-refractivity contribution in [2.45, 2.75) is 20.8 Å². The van der Waals surface area contributed by atoms with Crippen LogP contribution < -0.4 is 10.6 Å². The van der Waals surface area contributed by atoms with Gasteiger partial charge in [0.1, 0.15) is 0 Å². The Morgan fingerprint density at radius 3 is 2.57 bits per heavy atom. The summed E-state index contributed by atoms with van der Waals surface area (Å²) < 4.78 is 0. The minimum atomic E-state index is 0.653. The maximum Gasteiger partial charge on any atom is 0.0600 e. The van der Waals surface area contributed by atoms with Crippen LogP contribution in [0.25, 0.3) is 0 Å². The predicted molar refractivity (Wildman–Crippen MR) is 63.7 cm³/mol. The van der Waals surface area contributed by atoms with Crippen LogP contribution in [0.5, 0.6) is 0 Å². The van der Waals surface area contributed by atoms with E-state index in [1.165, 1.54) is 0 Å². The van der Waals surface area contributed by atoms with Crippen LogP contribution >= 0.6 is 0 Å². The van der Waals surface area contributed by atoms with Gasteiger partial charge in [0.25, 0.3) is 0 Å². The van der Waals surface area contributed by atoms with E-state index in [4.69, 9.17) is 5.73 Å². The Balaban J connectivity index is 2.89. The lowest BCUT2D eigenvalue weighted by atomic mass is 10.1. The highest BCUT2D eigenvalue weighted by Gasteiger charge is 2.07. The summed E-state index contributed by atoms with van der Waals surface area (Å²) in [7, 11) is 2.09. The summed E-state index contributed by atoms with van der Waals surface area (Å²) in [5.41, 5.74) is 9.21. The lowest BCUT2D eigenvalue weighted by Gasteiger charge is -2.23.